The van der Waals surface area contributed by atoms with E-state index < -0.39 is 0 Å². The van der Waals surface area contributed by atoms with Gasteiger partial charge in [-0.25, -0.2) is 0 Å². The summed E-state index contributed by atoms with van der Waals surface area (Å²) in [7, 11) is 1.72. The second kappa shape index (κ2) is 6.41. The van der Waals surface area contributed by atoms with Crippen molar-refractivity contribution < 1.29 is 14.3 Å². The maximum atomic E-state index is 12.7. The molecule has 2 fully saturated rings. The average molecular weight is 284 g/mol. The van der Waals surface area contributed by atoms with Crippen LogP contribution in [0.15, 0.2) is 0 Å². The number of hydrogen-bond donors (Lipinski definition) is 1. The van der Waals surface area contributed by atoms with Crippen LogP contribution in [0.4, 0.5) is 0 Å². The molecule has 2 aliphatic rings. The molecule has 4 unspecified atom stereocenters. The van der Waals surface area contributed by atoms with Crippen LogP contribution in [0.2, 0.25) is 0 Å². The number of amides is 1. The topological polar surface area (TPSA) is 50.8 Å². The molecule has 0 aromatic rings. The second-order valence-electron chi connectivity index (χ2n) is 6.11. The van der Waals surface area contributed by atoms with Crippen LogP contribution in [-0.4, -0.2) is 55.5 Å². The Bertz CT molecular complexity index is 342. The van der Waals surface area contributed by atoms with Gasteiger partial charge in [-0.05, 0) is 12.3 Å². The highest BCUT2D eigenvalue weighted by Gasteiger charge is 2.45. The van der Waals surface area contributed by atoms with Crippen molar-refractivity contribution >= 4 is 5.91 Å². The van der Waals surface area contributed by atoms with E-state index >= 15 is 0 Å². The molecular formula is C15H28N2O3. The SMILES string of the molecule is CCC(C)C1NC(CC)N(CC2(OC)CCOC2)C1=O. The van der Waals surface area contributed by atoms with Gasteiger partial charge in [0.1, 0.15) is 5.60 Å². The maximum absolute atomic E-state index is 12.7. The van der Waals surface area contributed by atoms with Gasteiger partial charge in [0, 0.05) is 20.1 Å². The maximum Gasteiger partial charge on any atom is 0.241 e. The van der Waals surface area contributed by atoms with Crippen molar-refractivity contribution in [3.8, 4) is 0 Å². The molecule has 0 radical (unpaired) electrons. The molecular weight excluding hydrogens is 256 g/mol. The van der Waals surface area contributed by atoms with E-state index in [0.29, 0.717) is 19.1 Å². The van der Waals surface area contributed by atoms with Gasteiger partial charge >= 0.3 is 0 Å². The van der Waals surface area contributed by atoms with Crippen LogP contribution in [-0.2, 0) is 14.3 Å². The molecule has 2 saturated heterocycles. The summed E-state index contributed by atoms with van der Waals surface area (Å²) >= 11 is 0. The number of nitrogens with one attached hydrogen (secondary N) is 1. The van der Waals surface area contributed by atoms with Gasteiger partial charge in [-0.15, -0.1) is 0 Å². The van der Waals surface area contributed by atoms with E-state index in [2.05, 4.69) is 26.1 Å². The van der Waals surface area contributed by atoms with E-state index in [1.807, 2.05) is 4.90 Å². The monoisotopic (exact) mass is 284 g/mol. The van der Waals surface area contributed by atoms with Gasteiger partial charge in [-0.3, -0.25) is 10.1 Å². The summed E-state index contributed by atoms with van der Waals surface area (Å²) in [4.78, 5) is 14.7. The van der Waals surface area contributed by atoms with Crippen LogP contribution in [0.1, 0.15) is 40.0 Å². The molecule has 0 spiro atoms. The number of nitrogens with zero attached hydrogens (tertiary/aromatic N) is 1. The van der Waals surface area contributed by atoms with Crippen LogP contribution >= 0.6 is 0 Å². The third kappa shape index (κ3) is 2.85. The fraction of sp³-hybridized carbons (Fsp3) is 0.933. The third-order valence-corrected chi connectivity index (χ3v) is 4.86. The Labute approximate surface area is 122 Å². The van der Waals surface area contributed by atoms with Crippen molar-refractivity contribution in [2.75, 3.05) is 26.9 Å². The molecule has 0 bridgehead atoms. The van der Waals surface area contributed by atoms with Crippen molar-refractivity contribution in [3.05, 3.63) is 0 Å². The van der Waals surface area contributed by atoms with Gasteiger partial charge in [0.25, 0.3) is 0 Å². The van der Waals surface area contributed by atoms with Crippen molar-refractivity contribution in [3.63, 3.8) is 0 Å². The highest BCUT2D eigenvalue weighted by molar-refractivity contribution is 5.84. The van der Waals surface area contributed by atoms with Crippen molar-refractivity contribution in [1.29, 1.82) is 0 Å². The minimum Gasteiger partial charge on any atom is -0.378 e. The second-order valence-corrected chi connectivity index (χ2v) is 6.11. The van der Waals surface area contributed by atoms with Crippen LogP contribution < -0.4 is 5.32 Å². The van der Waals surface area contributed by atoms with Gasteiger partial charge in [-0.2, -0.15) is 0 Å². The first-order chi connectivity index (χ1) is 9.56. The summed E-state index contributed by atoms with van der Waals surface area (Å²) in [5.41, 5.74) is -0.324. The Morgan fingerprint density at radius 3 is 2.80 bits per heavy atom. The average Bonchev–Trinajstić information content (AvgIpc) is 3.05. The Morgan fingerprint density at radius 1 is 1.55 bits per heavy atom. The lowest BCUT2D eigenvalue weighted by Crippen LogP contribution is -2.49. The van der Waals surface area contributed by atoms with Gasteiger partial charge in [-0.1, -0.05) is 27.2 Å². The zero-order chi connectivity index (χ0) is 14.8. The Hall–Kier alpha value is -0.650. The zero-order valence-corrected chi connectivity index (χ0v) is 13.1. The van der Waals surface area contributed by atoms with Crippen molar-refractivity contribution in [2.24, 2.45) is 5.92 Å². The van der Waals surface area contributed by atoms with Gasteiger partial charge in [0.15, 0.2) is 0 Å². The zero-order valence-electron chi connectivity index (χ0n) is 13.1. The molecule has 4 atom stereocenters. The van der Waals surface area contributed by atoms with Gasteiger partial charge in [0.2, 0.25) is 5.91 Å². The number of hydrogen-bond acceptors (Lipinski definition) is 4. The molecule has 0 aliphatic carbocycles. The van der Waals surface area contributed by atoms with Crippen LogP contribution in [0.25, 0.3) is 0 Å². The largest absolute Gasteiger partial charge is 0.378 e. The van der Waals surface area contributed by atoms with Crippen LogP contribution in [0.5, 0.6) is 0 Å². The lowest BCUT2D eigenvalue weighted by Gasteiger charge is -2.33. The Morgan fingerprint density at radius 2 is 2.30 bits per heavy atom. The Kier molecular flexibility index (Phi) is 5.04. The van der Waals surface area contributed by atoms with Gasteiger partial charge in [0.05, 0.1) is 25.4 Å². The number of ether oxygens (including phenoxy) is 2. The number of methoxy groups -OCH3 is 1. The highest BCUT2D eigenvalue weighted by Crippen LogP contribution is 2.28. The first-order valence-corrected chi connectivity index (χ1v) is 7.76. The normalized spacial score (nSPS) is 35.8. The van der Waals surface area contributed by atoms with Crippen LogP contribution in [0, 0.1) is 5.92 Å². The summed E-state index contributed by atoms with van der Waals surface area (Å²) in [6, 6.07) is -0.0545. The van der Waals surface area contributed by atoms with E-state index in [1.54, 1.807) is 7.11 Å². The minimum atomic E-state index is -0.324. The summed E-state index contributed by atoms with van der Waals surface area (Å²) in [6.07, 6.45) is 2.90. The predicted molar refractivity (Wildman–Crippen MR) is 77.3 cm³/mol. The molecule has 2 heterocycles. The molecule has 20 heavy (non-hydrogen) atoms. The fourth-order valence-electron chi connectivity index (χ4n) is 3.12. The number of rotatable bonds is 6. The molecule has 2 aliphatic heterocycles. The molecule has 1 N–H and O–H groups in total. The standard InChI is InChI=1S/C15H28N2O3/c1-5-11(3)13-14(18)17(12(6-2)16-13)9-15(19-4)7-8-20-10-15/h11-13,16H,5-10H2,1-4H3. The molecule has 0 saturated carbocycles. The van der Waals surface area contributed by atoms with Gasteiger partial charge < -0.3 is 14.4 Å². The molecule has 0 aromatic carbocycles. The van der Waals surface area contributed by atoms with E-state index in [-0.39, 0.29) is 23.7 Å². The van der Waals surface area contributed by atoms with E-state index in [0.717, 1.165) is 25.9 Å². The molecule has 2 rings (SSSR count). The summed E-state index contributed by atoms with van der Waals surface area (Å²) in [5.74, 6) is 0.578. The molecule has 0 aromatic heterocycles. The Balaban J connectivity index is 2.10. The molecule has 5 nitrogen and oxygen atoms in total. The van der Waals surface area contributed by atoms with E-state index in [4.69, 9.17) is 9.47 Å². The molecule has 1 amide bonds. The lowest BCUT2D eigenvalue weighted by atomic mass is 9.98. The van der Waals surface area contributed by atoms with E-state index in [9.17, 15) is 4.79 Å². The van der Waals surface area contributed by atoms with Crippen LogP contribution in [0.3, 0.4) is 0 Å². The molecule has 116 valence electrons. The first-order valence-electron chi connectivity index (χ1n) is 7.76. The third-order valence-electron chi connectivity index (χ3n) is 4.86. The first kappa shape index (κ1) is 15.7. The summed E-state index contributed by atoms with van der Waals surface area (Å²) in [6.45, 7) is 8.30. The van der Waals surface area contributed by atoms with Crippen molar-refractivity contribution in [1.82, 2.24) is 10.2 Å². The lowest BCUT2D eigenvalue weighted by molar-refractivity contribution is -0.135. The quantitative estimate of drug-likeness (QED) is 0.800. The predicted octanol–water partition coefficient (Wildman–Crippen LogP) is 1.37. The number of carbonyl (C=O) groups excluding carboxylic acids is 1. The number of carbonyl (C=O) groups is 1. The smallest absolute Gasteiger partial charge is 0.241 e. The van der Waals surface area contributed by atoms with Crippen molar-refractivity contribution in [2.45, 2.75) is 57.8 Å². The summed E-state index contributed by atoms with van der Waals surface area (Å²) < 4.78 is 11.2. The molecule has 5 heteroatoms. The highest BCUT2D eigenvalue weighted by atomic mass is 16.5. The fourth-order valence-corrected chi connectivity index (χ4v) is 3.12. The summed E-state index contributed by atoms with van der Waals surface area (Å²) in [5, 5.41) is 3.49. The van der Waals surface area contributed by atoms with E-state index in [1.165, 1.54) is 0 Å². The minimum absolute atomic E-state index is 0.0545.